The van der Waals surface area contributed by atoms with E-state index in [1.807, 2.05) is 26.0 Å². The minimum absolute atomic E-state index is 0.0460. The van der Waals surface area contributed by atoms with Gasteiger partial charge in [-0.25, -0.2) is 0 Å². The number of nitrogens with one attached hydrogen (secondary N) is 1. The van der Waals surface area contributed by atoms with Crippen LogP contribution in [0.5, 0.6) is 5.75 Å². The first-order valence-electron chi connectivity index (χ1n) is 9.78. The molecule has 1 heterocycles. The average molecular weight is 367 g/mol. The number of piperidine rings is 1. The highest BCUT2D eigenvalue weighted by Gasteiger charge is 2.17. The maximum Gasteiger partial charge on any atom is 0.251 e. The van der Waals surface area contributed by atoms with Gasteiger partial charge in [-0.05, 0) is 74.1 Å². The first-order chi connectivity index (χ1) is 13.0. The highest BCUT2D eigenvalue weighted by atomic mass is 16.5. The third-order valence-corrected chi connectivity index (χ3v) is 5.55. The summed E-state index contributed by atoms with van der Waals surface area (Å²) in [6.07, 6.45) is 2.52. The molecule has 4 heteroatoms. The van der Waals surface area contributed by atoms with Crippen molar-refractivity contribution in [2.75, 3.05) is 25.1 Å². The Balaban J connectivity index is 1.63. The lowest BCUT2D eigenvalue weighted by molar-refractivity contribution is 0.0940. The van der Waals surface area contributed by atoms with Crippen LogP contribution in [0.4, 0.5) is 5.69 Å². The Morgan fingerprint density at radius 3 is 2.41 bits per heavy atom. The monoisotopic (exact) mass is 366 g/mol. The molecule has 0 bridgehead atoms. The van der Waals surface area contributed by atoms with Crippen molar-refractivity contribution in [2.24, 2.45) is 5.92 Å². The van der Waals surface area contributed by atoms with Crippen molar-refractivity contribution in [3.05, 3.63) is 59.2 Å². The molecular formula is C23H30N2O2. The summed E-state index contributed by atoms with van der Waals surface area (Å²) < 4.78 is 5.26. The van der Waals surface area contributed by atoms with E-state index in [-0.39, 0.29) is 11.9 Å². The zero-order valence-corrected chi connectivity index (χ0v) is 16.8. The number of amides is 1. The Kier molecular flexibility index (Phi) is 6.04. The van der Waals surface area contributed by atoms with Gasteiger partial charge in [-0.1, -0.05) is 19.1 Å². The molecule has 2 aromatic rings. The molecule has 1 aliphatic rings. The molecule has 4 nitrogen and oxygen atoms in total. The molecule has 144 valence electrons. The van der Waals surface area contributed by atoms with Crippen LogP contribution in [0, 0.1) is 12.8 Å². The Morgan fingerprint density at radius 1 is 1.15 bits per heavy atom. The van der Waals surface area contributed by atoms with Crippen LogP contribution in [0.15, 0.2) is 42.5 Å². The zero-order valence-electron chi connectivity index (χ0n) is 16.8. The number of ether oxygens (including phenoxy) is 1. The second-order valence-electron chi connectivity index (χ2n) is 7.64. The summed E-state index contributed by atoms with van der Waals surface area (Å²) in [4.78, 5) is 15.0. The van der Waals surface area contributed by atoms with Crippen molar-refractivity contribution in [3.63, 3.8) is 0 Å². The van der Waals surface area contributed by atoms with Crippen LogP contribution < -0.4 is 15.0 Å². The smallest absolute Gasteiger partial charge is 0.251 e. The molecule has 1 aliphatic heterocycles. The molecule has 0 aliphatic carbocycles. The average Bonchev–Trinajstić information content (AvgIpc) is 2.68. The predicted molar refractivity (Wildman–Crippen MR) is 111 cm³/mol. The normalized spacial score (nSPS) is 16.1. The van der Waals surface area contributed by atoms with Crippen molar-refractivity contribution in [1.29, 1.82) is 0 Å². The third kappa shape index (κ3) is 4.62. The van der Waals surface area contributed by atoms with Crippen molar-refractivity contribution in [2.45, 2.75) is 39.7 Å². The first-order valence-corrected chi connectivity index (χ1v) is 9.78. The summed E-state index contributed by atoms with van der Waals surface area (Å²) in [5, 5.41) is 3.09. The predicted octanol–water partition coefficient (Wildman–Crippen LogP) is 4.73. The number of aryl methyl sites for hydroxylation is 1. The molecule has 1 atom stereocenters. The van der Waals surface area contributed by atoms with E-state index in [0.29, 0.717) is 5.56 Å². The molecular weight excluding hydrogens is 336 g/mol. The van der Waals surface area contributed by atoms with Crippen LogP contribution in [0.3, 0.4) is 0 Å². The molecule has 1 amide bonds. The maximum absolute atomic E-state index is 12.6. The van der Waals surface area contributed by atoms with Gasteiger partial charge in [-0.2, -0.15) is 0 Å². The number of anilines is 1. The summed E-state index contributed by atoms with van der Waals surface area (Å²) in [5.74, 6) is 1.56. The van der Waals surface area contributed by atoms with Crippen LogP contribution in [-0.2, 0) is 0 Å². The summed E-state index contributed by atoms with van der Waals surface area (Å²) in [7, 11) is 1.64. The van der Waals surface area contributed by atoms with Gasteiger partial charge in [0.2, 0.25) is 0 Å². The van der Waals surface area contributed by atoms with E-state index in [4.69, 9.17) is 4.74 Å². The summed E-state index contributed by atoms with van der Waals surface area (Å²) >= 11 is 0. The van der Waals surface area contributed by atoms with Crippen molar-refractivity contribution in [1.82, 2.24) is 5.32 Å². The molecule has 3 rings (SSSR count). The minimum atomic E-state index is -0.0673. The van der Waals surface area contributed by atoms with Gasteiger partial charge in [0, 0.05) is 24.3 Å². The molecule has 0 saturated carbocycles. The first kappa shape index (κ1) is 19.3. The van der Waals surface area contributed by atoms with E-state index in [1.54, 1.807) is 13.2 Å². The number of hydrogen-bond acceptors (Lipinski definition) is 3. The van der Waals surface area contributed by atoms with Gasteiger partial charge in [-0.15, -0.1) is 0 Å². The Bertz CT molecular complexity index is 777. The number of carbonyl (C=O) groups is 1. The second-order valence-corrected chi connectivity index (χ2v) is 7.64. The van der Waals surface area contributed by atoms with Gasteiger partial charge in [0.25, 0.3) is 5.91 Å². The third-order valence-electron chi connectivity index (χ3n) is 5.55. The quantitative estimate of drug-likeness (QED) is 0.832. The fourth-order valence-corrected chi connectivity index (χ4v) is 3.62. The summed E-state index contributed by atoms with van der Waals surface area (Å²) in [6, 6.07) is 14.0. The SMILES string of the molecule is COc1ccc(C(=O)N[C@@H](C)c2ccc(N3CCC(C)CC3)cc2)cc1C. The van der Waals surface area contributed by atoms with Crippen LogP contribution in [0.1, 0.15) is 54.2 Å². The highest BCUT2D eigenvalue weighted by molar-refractivity contribution is 5.94. The second kappa shape index (κ2) is 8.47. The molecule has 0 radical (unpaired) electrons. The Labute approximate surface area is 162 Å². The minimum Gasteiger partial charge on any atom is -0.496 e. The van der Waals surface area contributed by atoms with Crippen LogP contribution >= 0.6 is 0 Å². The number of methoxy groups -OCH3 is 1. The van der Waals surface area contributed by atoms with Gasteiger partial charge in [0.15, 0.2) is 0 Å². The van der Waals surface area contributed by atoms with Gasteiger partial charge >= 0.3 is 0 Å². The summed E-state index contributed by atoms with van der Waals surface area (Å²) in [5.41, 5.74) is 4.00. The van der Waals surface area contributed by atoms with Crippen molar-refractivity contribution < 1.29 is 9.53 Å². The van der Waals surface area contributed by atoms with E-state index in [0.717, 1.165) is 35.9 Å². The lowest BCUT2D eigenvalue weighted by Gasteiger charge is -2.32. The van der Waals surface area contributed by atoms with Crippen LogP contribution in [0.25, 0.3) is 0 Å². The summed E-state index contributed by atoms with van der Waals surface area (Å²) in [6.45, 7) is 8.55. The van der Waals surface area contributed by atoms with Gasteiger partial charge in [0.05, 0.1) is 13.2 Å². The van der Waals surface area contributed by atoms with Gasteiger partial charge < -0.3 is 15.0 Å². The number of benzene rings is 2. The Morgan fingerprint density at radius 2 is 1.81 bits per heavy atom. The molecule has 0 spiro atoms. The van der Waals surface area contributed by atoms with Crippen molar-refractivity contribution in [3.8, 4) is 5.75 Å². The molecule has 27 heavy (non-hydrogen) atoms. The highest BCUT2D eigenvalue weighted by Crippen LogP contribution is 2.25. The maximum atomic E-state index is 12.6. The standard InChI is InChI=1S/C23H30N2O2/c1-16-11-13-25(14-12-16)21-8-5-19(6-9-21)18(3)24-23(26)20-7-10-22(27-4)17(2)15-20/h5-10,15-16,18H,11-14H2,1-4H3,(H,24,26)/t18-/m0/s1. The van der Waals surface area contributed by atoms with E-state index in [2.05, 4.69) is 41.4 Å². The number of rotatable bonds is 5. The zero-order chi connectivity index (χ0) is 19.4. The van der Waals surface area contributed by atoms with E-state index in [9.17, 15) is 4.79 Å². The fraction of sp³-hybridized carbons (Fsp3) is 0.435. The lowest BCUT2D eigenvalue weighted by atomic mass is 9.98. The topological polar surface area (TPSA) is 41.6 Å². The van der Waals surface area contributed by atoms with E-state index in [1.165, 1.54) is 18.5 Å². The van der Waals surface area contributed by atoms with Crippen LogP contribution in [0.2, 0.25) is 0 Å². The number of nitrogens with zero attached hydrogens (tertiary/aromatic N) is 1. The van der Waals surface area contributed by atoms with E-state index >= 15 is 0 Å². The van der Waals surface area contributed by atoms with Gasteiger partial charge in [-0.3, -0.25) is 4.79 Å². The molecule has 1 saturated heterocycles. The number of hydrogen-bond donors (Lipinski definition) is 1. The van der Waals surface area contributed by atoms with Crippen molar-refractivity contribution >= 4 is 11.6 Å². The van der Waals surface area contributed by atoms with E-state index < -0.39 is 0 Å². The van der Waals surface area contributed by atoms with Gasteiger partial charge in [0.1, 0.15) is 5.75 Å². The molecule has 1 fully saturated rings. The fourth-order valence-electron chi connectivity index (χ4n) is 3.62. The Hall–Kier alpha value is -2.49. The molecule has 0 aromatic heterocycles. The molecule has 0 unspecified atom stereocenters. The lowest BCUT2D eigenvalue weighted by Crippen LogP contribution is -2.32. The molecule has 2 aromatic carbocycles. The number of carbonyl (C=O) groups excluding carboxylic acids is 1. The van der Waals surface area contributed by atoms with Crippen LogP contribution in [-0.4, -0.2) is 26.1 Å². The molecule has 1 N–H and O–H groups in total. The largest absolute Gasteiger partial charge is 0.496 e.